The molecule has 1 aliphatic heterocycles. The molecule has 0 atom stereocenters. The fourth-order valence-electron chi connectivity index (χ4n) is 1.52. The molecule has 1 N–H and O–H groups in total. The molecule has 2 rings (SSSR count). The lowest BCUT2D eigenvalue weighted by atomic mass is 10.1. The van der Waals surface area contributed by atoms with Crippen molar-refractivity contribution in [3.8, 4) is 11.5 Å². The molecule has 0 fully saturated rings. The maximum absolute atomic E-state index is 10.8. The summed E-state index contributed by atoms with van der Waals surface area (Å²) in [6, 6.07) is 5.37. The summed E-state index contributed by atoms with van der Waals surface area (Å²) in [6.07, 6.45) is 2.13. The number of benzene rings is 1. The van der Waals surface area contributed by atoms with Gasteiger partial charge in [-0.3, -0.25) is 0 Å². The van der Waals surface area contributed by atoms with E-state index in [1.807, 2.05) is 13.0 Å². The molecule has 0 saturated heterocycles. The van der Waals surface area contributed by atoms with Gasteiger partial charge in [0.25, 0.3) is 0 Å². The molecule has 1 aliphatic rings. The SMILES string of the molecule is CCC(=Cc1ccc2c(c1)OCO2)C(=O)O. The van der Waals surface area contributed by atoms with Gasteiger partial charge in [0, 0.05) is 5.57 Å². The Morgan fingerprint density at radius 3 is 2.88 bits per heavy atom. The van der Waals surface area contributed by atoms with E-state index in [1.165, 1.54) is 0 Å². The lowest BCUT2D eigenvalue weighted by Crippen LogP contribution is -1.98. The Labute approximate surface area is 93.1 Å². The zero-order valence-electron chi connectivity index (χ0n) is 8.90. The van der Waals surface area contributed by atoms with Crippen molar-refractivity contribution in [1.29, 1.82) is 0 Å². The number of fused-ring (bicyclic) bond motifs is 1. The largest absolute Gasteiger partial charge is 0.478 e. The summed E-state index contributed by atoms with van der Waals surface area (Å²) in [5.41, 5.74) is 1.18. The number of aliphatic carboxylic acids is 1. The fourth-order valence-corrected chi connectivity index (χ4v) is 1.52. The standard InChI is InChI=1S/C12H12O4/c1-2-9(12(13)14)5-8-3-4-10-11(6-8)16-7-15-10/h3-6H,2,7H2,1H3,(H,13,14). The van der Waals surface area contributed by atoms with Crippen molar-refractivity contribution >= 4 is 12.0 Å². The number of ether oxygens (including phenoxy) is 2. The molecule has 1 heterocycles. The van der Waals surface area contributed by atoms with Crippen molar-refractivity contribution in [3.05, 3.63) is 29.3 Å². The first-order chi connectivity index (χ1) is 7.70. The van der Waals surface area contributed by atoms with Crippen LogP contribution in [0.15, 0.2) is 23.8 Å². The predicted octanol–water partition coefficient (Wildman–Crippen LogP) is 2.29. The molecule has 4 heteroatoms. The Bertz CT molecular complexity index is 448. The molecular weight excluding hydrogens is 208 g/mol. The summed E-state index contributed by atoms with van der Waals surface area (Å²) in [5.74, 6) is 0.472. The number of rotatable bonds is 3. The Morgan fingerprint density at radius 1 is 1.44 bits per heavy atom. The number of hydrogen-bond donors (Lipinski definition) is 1. The van der Waals surface area contributed by atoms with Gasteiger partial charge in [0.2, 0.25) is 6.79 Å². The van der Waals surface area contributed by atoms with Crippen LogP contribution in [0.5, 0.6) is 11.5 Å². The van der Waals surface area contributed by atoms with Gasteiger partial charge in [0.1, 0.15) is 0 Å². The van der Waals surface area contributed by atoms with Crippen molar-refractivity contribution < 1.29 is 19.4 Å². The molecule has 0 saturated carbocycles. The first-order valence-electron chi connectivity index (χ1n) is 5.04. The summed E-state index contributed by atoms with van der Waals surface area (Å²) in [5, 5.41) is 8.90. The van der Waals surface area contributed by atoms with E-state index in [4.69, 9.17) is 14.6 Å². The zero-order chi connectivity index (χ0) is 11.5. The third-order valence-corrected chi connectivity index (χ3v) is 2.39. The Balaban J connectivity index is 2.31. The highest BCUT2D eigenvalue weighted by Crippen LogP contribution is 2.33. The molecule has 0 radical (unpaired) electrons. The molecular formula is C12H12O4. The van der Waals surface area contributed by atoms with E-state index in [1.54, 1.807) is 18.2 Å². The number of carbonyl (C=O) groups is 1. The highest BCUT2D eigenvalue weighted by Gasteiger charge is 2.13. The van der Waals surface area contributed by atoms with Crippen LogP contribution in [0, 0.1) is 0 Å². The van der Waals surface area contributed by atoms with Crippen LogP contribution in [0.25, 0.3) is 6.08 Å². The first kappa shape index (κ1) is 10.5. The van der Waals surface area contributed by atoms with Crippen LogP contribution >= 0.6 is 0 Å². The topological polar surface area (TPSA) is 55.8 Å². The molecule has 84 valence electrons. The van der Waals surface area contributed by atoms with E-state index in [9.17, 15) is 4.79 Å². The number of carboxylic acids is 1. The van der Waals surface area contributed by atoms with Crippen molar-refractivity contribution in [2.24, 2.45) is 0 Å². The maximum Gasteiger partial charge on any atom is 0.331 e. The van der Waals surface area contributed by atoms with E-state index in [-0.39, 0.29) is 6.79 Å². The molecule has 1 aromatic rings. The minimum atomic E-state index is -0.889. The van der Waals surface area contributed by atoms with Crippen LogP contribution in [0.2, 0.25) is 0 Å². The van der Waals surface area contributed by atoms with Gasteiger partial charge >= 0.3 is 5.97 Å². The Hall–Kier alpha value is -1.97. The summed E-state index contributed by atoms with van der Waals surface area (Å²) >= 11 is 0. The van der Waals surface area contributed by atoms with E-state index >= 15 is 0 Å². The van der Waals surface area contributed by atoms with Gasteiger partial charge in [-0.1, -0.05) is 13.0 Å². The lowest BCUT2D eigenvalue weighted by Gasteiger charge is -2.00. The first-order valence-corrected chi connectivity index (χ1v) is 5.04. The van der Waals surface area contributed by atoms with Crippen LogP contribution in [0.4, 0.5) is 0 Å². The molecule has 0 spiro atoms. The number of hydrogen-bond acceptors (Lipinski definition) is 3. The predicted molar refractivity (Wildman–Crippen MR) is 58.5 cm³/mol. The second-order valence-electron chi connectivity index (χ2n) is 3.44. The average Bonchev–Trinajstić information content (AvgIpc) is 2.72. The molecule has 0 unspecified atom stereocenters. The summed E-state index contributed by atoms with van der Waals surface area (Å²) in [6.45, 7) is 2.04. The van der Waals surface area contributed by atoms with Crippen LogP contribution in [-0.2, 0) is 4.79 Å². The molecule has 0 aromatic heterocycles. The van der Waals surface area contributed by atoms with E-state index in [2.05, 4.69) is 0 Å². The Kier molecular flexibility index (Phi) is 2.81. The maximum atomic E-state index is 10.8. The second-order valence-corrected chi connectivity index (χ2v) is 3.44. The second kappa shape index (κ2) is 4.26. The van der Waals surface area contributed by atoms with Gasteiger partial charge in [0.05, 0.1) is 0 Å². The summed E-state index contributed by atoms with van der Waals surface area (Å²) < 4.78 is 10.4. The summed E-state index contributed by atoms with van der Waals surface area (Å²) in [4.78, 5) is 10.8. The molecule has 16 heavy (non-hydrogen) atoms. The Morgan fingerprint density at radius 2 is 2.19 bits per heavy atom. The fraction of sp³-hybridized carbons (Fsp3) is 0.250. The van der Waals surface area contributed by atoms with Gasteiger partial charge in [-0.25, -0.2) is 4.79 Å². The molecule has 4 nitrogen and oxygen atoms in total. The third kappa shape index (κ3) is 2.00. The monoisotopic (exact) mass is 220 g/mol. The minimum Gasteiger partial charge on any atom is -0.478 e. The van der Waals surface area contributed by atoms with Gasteiger partial charge in [0.15, 0.2) is 11.5 Å². The highest BCUT2D eigenvalue weighted by molar-refractivity contribution is 5.92. The van der Waals surface area contributed by atoms with Gasteiger partial charge in [-0.15, -0.1) is 0 Å². The summed E-state index contributed by atoms with van der Waals surface area (Å²) in [7, 11) is 0. The van der Waals surface area contributed by atoms with E-state index in [0.29, 0.717) is 23.5 Å². The van der Waals surface area contributed by atoms with Crippen LogP contribution in [0.1, 0.15) is 18.9 Å². The lowest BCUT2D eigenvalue weighted by molar-refractivity contribution is -0.132. The van der Waals surface area contributed by atoms with Crippen LogP contribution < -0.4 is 9.47 Å². The zero-order valence-corrected chi connectivity index (χ0v) is 8.90. The van der Waals surface area contributed by atoms with Crippen molar-refractivity contribution in [3.63, 3.8) is 0 Å². The van der Waals surface area contributed by atoms with Crippen molar-refractivity contribution in [1.82, 2.24) is 0 Å². The van der Waals surface area contributed by atoms with Crippen LogP contribution in [0.3, 0.4) is 0 Å². The highest BCUT2D eigenvalue weighted by atomic mass is 16.7. The van der Waals surface area contributed by atoms with Gasteiger partial charge in [-0.05, 0) is 30.2 Å². The quantitative estimate of drug-likeness (QED) is 0.794. The van der Waals surface area contributed by atoms with Crippen LogP contribution in [-0.4, -0.2) is 17.9 Å². The van der Waals surface area contributed by atoms with E-state index < -0.39 is 5.97 Å². The molecule has 1 aromatic carbocycles. The molecule has 0 amide bonds. The van der Waals surface area contributed by atoms with E-state index in [0.717, 1.165) is 5.56 Å². The molecule has 0 bridgehead atoms. The van der Waals surface area contributed by atoms with Crippen molar-refractivity contribution in [2.75, 3.05) is 6.79 Å². The minimum absolute atomic E-state index is 0.224. The van der Waals surface area contributed by atoms with Gasteiger partial charge < -0.3 is 14.6 Å². The molecule has 0 aliphatic carbocycles. The smallest absolute Gasteiger partial charge is 0.331 e. The third-order valence-electron chi connectivity index (χ3n) is 2.39. The van der Waals surface area contributed by atoms with Crippen molar-refractivity contribution in [2.45, 2.75) is 13.3 Å². The number of carboxylic acid groups (broad SMARTS) is 1. The normalized spacial score (nSPS) is 13.9. The average molecular weight is 220 g/mol. The van der Waals surface area contributed by atoms with Gasteiger partial charge in [-0.2, -0.15) is 0 Å².